The van der Waals surface area contributed by atoms with Crippen molar-refractivity contribution in [2.75, 3.05) is 13.2 Å². The summed E-state index contributed by atoms with van der Waals surface area (Å²) in [6, 6.07) is 0. The number of carbonyl (C=O) groups is 1. The molecule has 0 aromatic rings. The zero-order chi connectivity index (χ0) is 11.8. The lowest BCUT2D eigenvalue weighted by molar-refractivity contribution is -0.144. The van der Waals surface area contributed by atoms with Gasteiger partial charge in [-0.25, -0.2) is 0 Å². The van der Waals surface area contributed by atoms with Crippen molar-refractivity contribution in [3.05, 3.63) is 0 Å². The summed E-state index contributed by atoms with van der Waals surface area (Å²) < 4.78 is 4.98. The van der Waals surface area contributed by atoms with Gasteiger partial charge in [-0.15, -0.1) is 0 Å². The van der Waals surface area contributed by atoms with Gasteiger partial charge >= 0.3 is 5.97 Å². The molecule has 1 fully saturated rings. The highest BCUT2D eigenvalue weighted by molar-refractivity contribution is 5.69. The summed E-state index contributed by atoms with van der Waals surface area (Å²) in [5.41, 5.74) is 5.51. The Hall–Kier alpha value is -0.570. The van der Waals surface area contributed by atoms with Crippen molar-refractivity contribution >= 4 is 5.97 Å². The van der Waals surface area contributed by atoms with Crippen molar-refractivity contribution in [3.63, 3.8) is 0 Å². The van der Waals surface area contributed by atoms with Crippen LogP contribution in [0.3, 0.4) is 0 Å². The van der Waals surface area contributed by atoms with Crippen LogP contribution in [0.15, 0.2) is 0 Å². The van der Waals surface area contributed by atoms with E-state index in [4.69, 9.17) is 10.5 Å². The lowest BCUT2D eigenvalue weighted by Crippen LogP contribution is -2.19. The van der Waals surface area contributed by atoms with E-state index in [1.807, 2.05) is 6.92 Å². The van der Waals surface area contributed by atoms with Crippen molar-refractivity contribution in [1.29, 1.82) is 0 Å². The van der Waals surface area contributed by atoms with E-state index in [1.165, 1.54) is 32.1 Å². The van der Waals surface area contributed by atoms with Crippen molar-refractivity contribution in [3.8, 4) is 0 Å². The molecule has 0 aliphatic heterocycles. The standard InChI is InChI=1S/C13H25NO2/c1-2-16-13(15)10-12-7-5-11(6-8-12)4-3-9-14/h11-12H,2-10,14H2,1H3. The van der Waals surface area contributed by atoms with Gasteiger partial charge in [0.05, 0.1) is 6.61 Å². The molecule has 0 amide bonds. The predicted molar refractivity (Wildman–Crippen MR) is 65.0 cm³/mol. The molecule has 3 heteroatoms. The number of esters is 1. The molecule has 2 N–H and O–H groups in total. The first kappa shape index (κ1) is 13.5. The Labute approximate surface area is 98.7 Å². The van der Waals surface area contributed by atoms with Crippen LogP contribution in [-0.2, 0) is 9.53 Å². The van der Waals surface area contributed by atoms with Gasteiger partial charge in [0.15, 0.2) is 0 Å². The second kappa shape index (κ2) is 7.66. The topological polar surface area (TPSA) is 52.3 Å². The van der Waals surface area contributed by atoms with Gasteiger partial charge in [-0.1, -0.05) is 12.8 Å². The molecule has 1 rings (SSSR count). The van der Waals surface area contributed by atoms with Crippen LogP contribution in [0, 0.1) is 11.8 Å². The van der Waals surface area contributed by atoms with Gasteiger partial charge < -0.3 is 10.5 Å². The molecule has 3 nitrogen and oxygen atoms in total. The second-order valence-corrected chi connectivity index (χ2v) is 4.83. The molecule has 0 bridgehead atoms. The van der Waals surface area contributed by atoms with Crippen LogP contribution < -0.4 is 5.73 Å². The van der Waals surface area contributed by atoms with Crippen LogP contribution in [0.25, 0.3) is 0 Å². The molecule has 0 aromatic carbocycles. The molecule has 1 aliphatic carbocycles. The van der Waals surface area contributed by atoms with Gasteiger partial charge in [-0.05, 0) is 51.0 Å². The summed E-state index contributed by atoms with van der Waals surface area (Å²) in [6.07, 6.45) is 7.95. The molecule has 0 unspecified atom stereocenters. The number of hydrogen-bond donors (Lipinski definition) is 1. The molecule has 94 valence electrons. The Morgan fingerprint density at radius 1 is 1.25 bits per heavy atom. The Balaban J connectivity index is 2.14. The maximum atomic E-state index is 11.3. The maximum absolute atomic E-state index is 11.3. The van der Waals surface area contributed by atoms with Crippen LogP contribution in [0.2, 0.25) is 0 Å². The third-order valence-electron chi connectivity index (χ3n) is 3.54. The Kier molecular flexibility index (Phi) is 6.46. The minimum Gasteiger partial charge on any atom is -0.466 e. The van der Waals surface area contributed by atoms with E-state index in [-0.39, 0.29) is 5.97 Å². The quantitative estimate of drug-likeness (QED) is 0.709. The highest BCUT2D eigenvalue weighted by atomic mass is 16.5. The van der Waals surface area contributed by atoms with Crippen LogP contribution in [0.5, 0.6) is 0 Å². The summed E-state index contributed by atoms with van der Waals surface area (Å²) in [7, 11) is 0. The summed E-state index contributed by atoms with van der Waals surface area (Å²) in [5, 5.41) is 0. The van der Waals surface area contributed by atoms with E-state index in [0.717, 1.165) is 18.9 Å². The monoisotopic (exact) mass is 227 g/mol. The largest absolute Gasteiger partial charge is 0.466 e. The van der Waals surface area contributed by atoms with E-state index in [1.54, 1.807) is 0 Å². The molecule has 0 saturated heterocycles. The zero-order valence-corrected chi connectivity index (χ0v) is 10.4. The smallest absolute Gasteiger partial charge is 0.306 e. The van der Waals surface area contributed by atoms with Gasteiger partial charge in [0, 0.05) is 6.42 Å². The fourth-order valence-corrected chi connectivity index (χ4v) is 2.59. The fourth-order valence-electron chi connectivity index (χ4n) is 2.59. The highest BCUT2D eigenvalue weighted by Gasteiger charge is 2.22. The van der Waals surface area contributed by atoms with Crippen LogP contribution in [-0.4, -0.2) is 19.1 Å². The summed E-state index contributed by atoms with van der Waals surface area (Å²) in [6.45, 7) is 3.18. The average molecular weight is 227 g/mol. The number of rotatable bonds is 6. The highest BCUT2D eigenvalue weighted by Crippen LogP contribution is 2.33. The second-order valence-electron chi connectivity index (χ2n) is 4.83. The Bertz CT molecular complexity index is 198. The summed E-state index contributed by atoms with van der Waals surface area (Å²) in [5.74, 6) is 1.39. The average Bonchev–Trinajstić information content (AvgIpc) is 2.28. The molecular formula is C13H25NO2. The first-order valence-corrected chi connectivity index (χ1v) is 6.62. The van der Waals surface area contributed by atoms with E-state index in [2.05, 4.69) is 0 Å². The van der Waals surface area contributed by atoms with Gasteiger partial charge in [0.25, 0.3) is 0 Å². The molecule has 16 heavy (non-hydrogen) atoms. The third kappa shape index (κ3) is 4.97. The number of carbonyl (C=O) groups excluding carboxylic acids is 1. The molecule has 0 atom stereocenters. The fraction of sp³-hybridized carbons (Fsp3) is 0.923. The first-order valence-electron chi connectivity index (χ1n) is 6.62. The van der Waals surface area contributed by atoms with Gasteiger partial charge in [-0.2, -0.15) is 0 Å². The molecule has 0 radical (unpaired) electrons. The Morgan fingerprint density at radius 3 is 2.44 bits per heavy atom. The maximum Gasteiger partial charge on any atom is 0.306 e. The third-order valence-corrected chi connectivity index (χ3v) is 3.54. The van der Waals surface area contributed by atoms with Crippen LogP contribution in [0.4, 0.5) is 0 Å². The van der Waals surface area contributed by atoms with E-state index < -0.39 is 0 Å². The van der Waals surface area contributed by atoms with Gasteiger partial charge in [0.2, 0.25) is 0 Å². The SMILES string of the molecule is CCOC(=O)CC1CCC(CCCN)CC1. The lowest BCUT2D eigenvalue weighted by atomic mass is 9.79. The van der Waals surface area contributed by atoms with E-state index in [0.29, 0.717) is 18.9 Å². The van der Waals surface area contributed by atoms with Gasteiger partial charge in [0.1, 0.15) is 0 Å². The molecule has 0 spiro atoms. The van der Waals surface area contributed by atoms with Crippen molar-refractivity contribution in [1.82, 2.24) is 0 Å². The predicted octanol–water partition coefficient (Wildman–Crippen LogP) is 2.48. The van der Waals surface area contributed by atoms with Crippen molar-refractivity contribution < 1.29 is 9.53 Å². The van der Waals surface area contributed by atoms with Crippen molar-refractivity contribution in [2.45, 2.75) is 51.9 Å². The van der Waals surface area contributed by atoms with Crippen LogP contribution >= 0.6 is 0 Å². The minimum atomic E-state index is -0.0205. The number of hydrogen-bond acceptors (Lipinski definition) is 3. The summed E-state index contributed by atoms with van der Waals surface area (Å²) >= 11 is 0. The molecule has 1 saturated carbocycles. The summed E-state index contributed by atoms with van der Waals surface area (Å²) in [4.78, 5) is 11.3. The first-order chi connectivity index (χ1) is 7.76. The molecule has 0 heterocycles. The van der Waals surface area contributed by atoms with E-state index >= 15 is 0 Å². The number of ether oxygens (including phenoxy) is 1. The van der Waals surface area contributed by atoms with E-state index in [9.17, 15) is 4.79 Å². The molecule has 1 aliphatic rings. The zero-order valence-electron chi connectivity index (χ0n) is 10.4. The Morgan fingerprint density at radius 2 is 1.88 bits per heavy atom. The van der Waals surface area contributed by atoms with Gasteiger partial charge in [-0.3, -0.25) is 4.79 Å². The van der Waals surface area contributed by atoms with Crippen LogP contribution in [0.1, 0.15) is 51.9 Å². The normalized spacial score (nSPS) is 25.4. The number of nitrogens with two attached hydrogens (primary N) is 1. The lowest BCUT2D eigenvalue weighted by Gasteiger charge is -2.27. The van der Waals surface area contributed by atoms with Crippen molar-refractivity contribution in [2.24, 2.45) is 17.6 Å². The molecule has 0 aromatic heterocycles. The molecular weight excluding hydrogens is 202 g/mol. The minimum absolute atomic E-state index is 0.0205.